The number of hydrogen-bond acceptors (Lipinski definition) is 5. The summed E-state index contributed by atoms with van der Waals surface area (Å²) in [5.74, 6) is 0.646. The number of carbonyl (C=O) groups is 1. The normalized spacial score (nSPS) is 15.5. The van der Waals surface area contributed by atoms with Crippen LogP contribution in [0.2, 0.25) is 0 Å². The number of rotatable bonds is 3. The van der Waals surface area contributed by atoms with Crippen molar-refractivity contribution in [2.45, 2.75) is 18.8 Å². The molecule has 5 heteroatoms. The molecule has 24 heavy (non-hydrogen) atoms. The van der Waals surface area contributed by atoms with Crippen LogP contribution in [0.3, 0.4) is 0 Å². The topological polar surface area (TPSA) is 51.2 Å². The minimum Gasteiger partial charge on any atom is -0.421 e. The number of nitrogens with one attached hydrogen (secondary N) is 1. The van der Waals surface area contributed by atoms with Gasteiger partial charge in [-0.05, 0) is 37.4 Å². The zero-order valence-corrected chi connectivity index (χ0v) is 14.0. The van der Waals surface area contributed by atoms with E-state index in [-0.39, 0.29) is 5.97 Å². The second-order valence-electron chi connectivity index (χ2n) is 5.96. The molecule has 0 amide bonds. The van der Waals surface area contributed by atoms with E-state index in [4.69, 9.17) is 4.74 Å². The molecule has 0 radical (unpaired) electrons. The van der Waals surface area contributed by atoms with Gasteiger partial charge in [-0.3, -0.25) is 0 Å². The molecule has 4 rings (SSSR count). The van der Waals surface area contributed by atoms with E-state index in [1.165, 1.54) is 0 Å². The Morgan fingerprint density at radius 1 is 1.12 bits per heavy atom. The van der Waals surface area contributed by atoms with Crippen LogP contribution in [0.15, 0.2) is 47.8 Å². The molecule has 4 nitrogen and oxygen atoms in total. The SMILES string of the molecule is O=C(Oc1cccc2ccccc12)c1csc(C2CCNCC2)n1. The number of fused-ring (bicyclic) bond motifs is 1. The minimum atomic E-state index is -0.386. The highest BCUT2D eigenvalue weighted by atomic mass is 32.1. The van der Waals surface area contributed by atoms with Crippen LogP contribution in [-0.4, -0.2) is 24.0 Å². The van der Waals surface area contributed by atoms with Gasteiger partial charge in [-0.15, -0.1) is 11.3 Å². The van der Waals surface area contributed by atoms with Gasteiger partial charge in [0.05, 0.1) is 5.01 Å². The van der Waals surface area contributed by atoms with E-state index in [1.807, 2.05) is 47.8 Å². The van der Waals surface area contributed by atoms with Crippen molar-refractivity contribution < 1.29 is 9.53 Å². The summed E-state index contributed by atoms with van der Waals surface area (Å²) in [5.41, 5.74) is 0.404. The van der Waals surface area contributed by atoms with E-state index in [9.17, 15) is 4.79 Å². The Morgan fingerprint density at radius 3 is 2.79 bits per heavy atom. The monoisotopic (exact) mass is 338 g/mol. The summed E-state index contributed by atoms with van der Waals surface area (Å²) in [6.45, 7) is 2.03. The highest BCUT2D eigenvalue weighted by Gasteiger charge is 2.21. The molecule has 1 aliphatic heterocycles. The summed E-state index contributed by atoms with van der Waals surface area (Å²) in [5, 5.41) is 8.19. The summed E-state index contributed by atoms with van der Waals surface area (Å²) in [6, 6.07) is 13.6. The maximum Gasteiger partial charge on any atom is 0.363 e. The number of nitrogens with zero attached hydrogens (tertiary/aromatic N) is 1. The van der Waals surface area contributed by atoms with Gasteiger partial charge >= 0.3 is 5.97 Å². The van der Waals surface area contributed by atoms with Crippen LogP contribution in [0.4, 0.5) is 0 Å². The van der Waals surface area contributed by atoms with Crippen LogP contribution in [-0.2, 0) is 0 Å². The first-order valence-electron chi connectivity index (χ1n) is 8.17. The Bertz CT molecular complexity index is 863. The predicted molar refractivity (Wildman–Crippen MR) is 95.9 cm³/mol. The lowest BCUT2D eigenvalue weighted by molar-refractivity contribution is 0.0731. The lowest BCUT2D eigenvalue weighted by atomic mass is 9.99. The average Bonchev–Trinajstić information content (AvgIpc) is 3.13. The lowest BCUT2D eigenvalue weighted by Crippen LogP contribution is -2.26. The summed E-state index contributed by atoms with van der Waals surface area (Å²) in [6.07, 6.45) is 2.15. The molecule has 122 valence electrons. The molecule has 1 saturated heterocycles. The van der Waals surface area contributed by atoms with Gasteiger partial charge in [-0.1, -0.05) is 36.4 Å². The minimum absolute atomic E-state index is 0.386. The van der Waals surface area contributed by atoms with Gasteiger partial charge in [0, 0.05) is 16.7 Å². The summed E-state index contributed by atoms with van der Waals surface area (Å²) < 4.78 is 5.61. The third kappa shape index (κ3) is 3.05. The van der Waals surface area contributed by atoms with Crippen molar-refractivity contribution in [1.82, 2.24) is 10.3 Å². The van der Waals surface area contributed by atoms with Crippen LogP contribution >= 0.6 is 11.3 Å². The molecule has 3 aromatic rings. The van der Waals surface area contributed by atoms with E-state index < -0.39 is 0 Å². The Labute approximate surface area is 144 Å². The van der Waals surface area contributed by atoms with Crippen molar-refractivity contribution in [2.75, 3.05) is 13.1 Å². The molecular weight excluding hydrogens is 320 g/mol. The number of esters is 1. The van der Waals surface area contributed by atoms with Crippen molar-refractivity contribution in [3.8, 4) is 5.75 Å². The molecule has 0 bridgehead atoms. The van der Waals surface area contributed by atoms with Gasteiger partial charge < -0.3 is 10.1 Å². The summed E-state index contributed by atoms with van der Waals surface area (Å²) in [4.78, 5) is 17.0. The fraction of sp³-hybridized carbons (Fsp3) is 0.263. The van der Waals surface area contributed by atoms with E-state index >= 15 is 0 Å². The molecule has 0 aliphatic carbocycles. The van der Waals surface area contributed by atoms with Crippen LogP contribution in [0, 0.1) is 0 Å². The van der Waals surface area contributed by atoms with Crippen molar-refractivity contribution in [2.24, 2.45) is 0 Å². The molecular formula is C19H18N2O2S. The molecule has 2 heterocycles. The maximum atomic E-state index is 12.5. The highest BCUT2D eigenvalue weighted by molar-refractivity contribution is 7.09. The van der Waals surface area contributed by atoms with Crippen molar-refractivity contribution >= 4 is 28.1 Å². The molecule has 0 atom stereocenters. The zero-order chi connectivity index (χ0) is 16.4. The first-order chi connectivity index (χ1) is 11.8. The molecule has 2 aromatic carbocycles. The van der Waals surface area contributed by atoms with Gasteiger partial charge in [0.15, 0.2) is 5.69 Å². The fourth-order valence-corrected chi connectivity index (χ4v) is 4.04. The maximum absolute atomic E-state index is 12.5. The van der Waals surface area contributed by atoms with Crippen LogP contribution < -0.4 is 10.1 Å². The first kappa shape index (κ1) is 15.3. The Morgan fingerprint density at radius 2 is 1.92 bits per heavy atom. The molecule has 0 spiro atoms. The number of thiazole rings is 1. The van der Waals surface area contributed by atoms with Gasteiger partial charge in [-0.2, -0.15) is 0 Å². The molecule has 1 N–H and O–H groups in total. The molecule has 1 aromatic heterocycles. The van der Waals surface area contributed by atoms with E-state index in [1.54, 1.807) is 11.3 Å². The number of piperidine rings is 1. The van der Waals surface area contributed by atoms with Crippen LogP contribution in [0.25, 0.3) is 10.8 Å². The Hall–Kier alpha value is -2.24. The van der Waals surface area contributed by atoms with Crippen LogP contribution in [0.1, 0.15) is 34.3 Å². The van der Waals surface area contributed by atoms with Gasteiger partial charge in [-0.25, -0.2) is 9.78 Å². The predicted octanol–water partition coefficient (Wildman–Crippen LogP) is 3.98. The average molecular weight is 338 g/mol. The molecule has 1 fully saturated rings. The smallest absolute Gasteiger partial charge is 0.363 e. The standard InChI is InChI=1S/C19H18N2O2S/c22-19(16-12-24-18(21-16)14-8-10-20-11-9-14)23-17-7-3-5-13-4-1-2-6-15(13)17/h1-7,12,14,20H,8-11H2. The second kappa shape index (κ2) is 6.71. The number of carbonyl (C=O) groups excluding carboxylic acids is 1. The number of ether oxygens (including phenoxy) is 1. The van der Waals surface area contributed by atoms with Crippen molar-refractivity contribution in [3.05, 3.63) is 58.5 Å². The number of benzene rings is 2. The number of aromatic nitrogens is 1. The van der Waals surface area contributed by atoms with Crippen LogP contribution in [0.5, 0.6) is 5.75 Å². The fourth-order valence-electron chi connectivity index (χ4n) is 3.07. The van der Waals surface area contributed by atoms with Crippen molar-refractivity contribution in [3.63, 3.8) is 0 Å². The third-order valence-electron chi connectivity index (χ3n) is 4.37. The third-order valence-corrected chi connectivity index (χ3v) is 5.38. The Balaban J connectivity index is 1.54. The summed E-state index contributed by atoms with van der Waals surface area (Å²) >= 11 is 1.56. The number of hydrogen-bond donors (Lipinski definition) is 1. The highest BCUT2D eigenvalue weighted by Crippen LogP contribution is 2.29. The van der Waals surface area contributed by atoms with Gasteiger partial charge in [0.1, 0.15) is 5.75 Å². The lowest BCUT2D eigenvalue weighted by Gasteiger charge is -2.20. The van der Waals surface area contributed by atoms with E-state index in [0.29, 0.717) is 17.4 Å². The van der Waals surface area contributed by atoms with E-state index in [0.717, 1.165) is 41.7 Å². The molecule has 1 aliphatic rings. The Kier molecular flexibility index (Phi) is 4.28. The largest absolute Gasteiger partial charge is 0.421 e. The molecule has 0 unspecified atom stereocenters. The second-order valence-corrected chi connectivity index (χ2v) is 6.85. The summed E-state index contributed by atoms with van der Waals surface area (Å²) in [7, 11) is 0. The van der Waals surface area contributed by atoms with Gasteiger partial charge in [0.2, 0.25) is 0 Å². The quantitative estimate of drug-likeness (QED) is 0.580. The van der Waals surface area contributed by atoms with Crippen molar-refractivity contribution in [1.29, 1.82) is 0 Å². The van der Waals surface area contributed by atoms with E-state index in [2.05, 4.69) is 10.3 Å². The van der Waals surface area contributed by atoms with Gasteiger partial charge in [0.25, 0.3) is 0 Å². The molecule has 0 saturated carbocycles. The zero-order valence-electron chi connectivity index (χ0n) is 13.2. The first-order valence-corrected chi connectivity index (χ1v) is 9.05.